The van der Waals surface area contributed by atoms with Crippen LogP contribution in [0.5, 0.6) is 0 Å². The predicted octanol–water partition coefficient (Wildman–Crippen LogP) is 3.29. The Morgan fingerprint density at radius 3 is 2.91 bits per heavy atom. The molecule has 2 aliphatic rings. The third kappa shape index (κ3) is 2.60. The standard InChI is InChI=1S/C19H24N2O2/c1-19(2)16(15-9-11-22-17(15)19)20-10-8-14-12-23-18(21-14)13-6-4-3-5-7-13/h3-7,12,15-17,20H,8-11H2,1-2H3/t15-,16+,17+/m0/s1. The number of nitrogens with zero attached hydrogens (tertiary/aromatic N) is 1. The first kappa shape index (κ1) is 14.9. The second-order valence-corrected chi connectivity index (χ2v) is 7.26. The predicted molar refractivity (Wildman–Crippen MR) is 89.1 cm³/mol. The maximum atomic E-state index is 5.85. The number of aromatic nitrogens is 1. The maximum absolute atomic E-state index is 5.85. The zero-order chi connectivity index (χ0) is 15.9. The average Bonchev–Trinajstić information content (AvgIpc) is 3.20. The number of rotatable bonds is 5. The Morgan fingerprint density at radius 2 is 2.09 bits per heavy atom. The van der Waals surface area contributed by atoms with Crippen LogP contribution in [0, 0.1) is 11.3 Å². The van der Waals surface area contributed by atoms with Crippen molar-refractivity contribution >= 4 is 0 Å². The average molecular weight is 312 g/mol. The van der Waals surface area contributed by atoms with Crippen molar-refractivity contribution in [3.8, 4) is 11.5 Å². The number of nitrogens with one attached hydrogen (secondary N) is 1. The van der Waals surface area contributed by atoms with E-state index in [-0.39, 0.29) is 5.41 Å². The molecule has 122 valence electrons. The summed E-state index contributed by atoms with van der Waals surface area (Å²) >= 11 is 0. The van der Waals surface area contributed by atoms with Crippen LogP contribution < -0.4 is 5.32 Å². The molecule has 2 fully saturated rings. The van der Waals surface area contributed by atoms with Crippen LogP contribution in [-0.4, -0.2) is 30.3 Å². The molecule has 0 radical (unpaired) electrons. The molecule has 2 heterocycles. The first-order chi connectivity index (χ1) is 11.2. The molecule has 3 atom stereocenters. The van der Waals surface area contributed by atoms with E-state index in [4.69, 9.17) is 9.15 Å². The largest absolute Gasteiger partial charge is 0.444 e. The summed E-state index contributed by atoms with van der Waals surface area (Å²) in [4.78, 5) is 4.59. The molecule has 0 bridgehead atoms. The molecular weight excluding hydrogens is 288 g/mol. The van der Waals surface area contributed by atoms with Gasteiger partial charge in [0.15, 0.2) is 0 Å². The summed E-state index contributed by atoms with van der Waals surface area (Å²) in [6.45, 7) is 6.46. The monoisotopic (exact) mass is 312 g/mol. The Balaban J connectivity index is 1.33. The first-order valence-electron chi connectivity index (χ1n) is 8.51. The number of benzene rings is 1. The second-order valence-electron chi connectivity index (χ2n) is 7.26. The molecule has 4 nitrogen and oxygen atoms in total. The van der Waals surface area contributed by atoms with E-state index < -0.39 is 0 Å². The molecule has 2 aromatic rings. The van der Waals surface area contributed by atoms with Crippen LogP contribution in [0.25, 0.3) is 11.5 Å². The highest BCUT2D eigenvalue weighted by atomic mass is 16.5. The van der Waals surface area contributed by atoms with Crippen molar-refractivity contribution in [1.29, 1.82) is 0 Å². The molecule has 1 aliphatic heterocycles. The number of fused-ring (bicyclic) bond motifs is 1. The van der Waals surface area contributed by atoms with E-state index in [1.54, 1.807) is 6.26 Å². The van der Waals surface area contributed by atoms with Gasteiger partial charge in [-0.2, -0.15) is 0 Å². The quantitative estimate of drug-likeness (QED) is 0.920. The van der Waals surface area contributed by atoms with Crippen molar-refractivity contribution in [1.82, 2.24) is 10.3 Å². The van der Waals surface area contributed by atoms with Gasteiger partial charge < -0.3 is 14.5 Å². The number of ether oxygens (including phenoxy) is 1. The van der Waals surface area contributed by atoms with E-state index in [2.05, 4.69) is 24.1 Å². The first-order valence-corrected chi connectivity index (χ1v) is 8.51. The molecule has 4 heteroatoms. The highest BCUT2D eigenvalue weighted by Gasteiger charge is 2.58. The topological polar surface area (TPSA) is 47.3 Å². The summed E-state index contributed by atoms with van der Waals surface area (Å²) in [5.41, 5.74) is 2.27. The van der Waals surface area contributed by atoms with Gasteiger partial charge in [-0.3, -0.25) is 0 Å². The fourth-order valence-electron chi connectivity index (χ4n) is 4.23. The molecule has 1 N–H and O–H groups in total. The van der Waals surface area contributed by atoms with Gasteiger partial charge in [-0.05, 0) is 18.6 Å². The van der Waals surface area contributed by atoms with Crippen molar-refractivity contribution < 1.29 is 9.15 Å². The fourth-order valence-corrected chi connectivity index (χ4v) is 4.23. The minimum Gasteiger partial charge on any atom is -0.444 e. The lowest BCUT2D eigenvalue weighted by Crippen LogP contribution is -2.66. The molecule has 1 saturated heterocycles. The van der Waals surface area contributed by atoms with Crippen LogP contribution in [0.3, 0.4) is 0 Å². The van der Waals surface area contributed by atoms with E-state index in [1.807, 2.05) is 30.3 Å². The molecule has 1 saturated carbocycles. The van der Waals surface area contributed by atoms with Gasteiger partial charge in [0.2, 0.25) is 5.89 Å². The summed E-state index contributed by atoms with van der Waals surface area (Å²) < 4.78 is 11.4. The molecule has 0 spiro atoms. The minimum atomic E-state index is 0.236. The summed E-state index contributed by atoms with van der Waals surface area (Å²) in [5.74, 6) is 1.39. The third-order valence-corrected chi connectivity index (χ3v) is 5.42. The molecule has 1 aromatic heterocycles. The Morgan fingerprint density at radius 1 is 1.26 bits per heavy atom. The lowest BCUT2D eigenvalue weighted by molar-refractivity contribution is -0.112. The zero-order valence-corrected chi connectivity index (χ0v) is 13.8. The molecule has 23 heavy (non-hydrogen) atoms. The Hall–Kier alpha value is -1.65. The summed E-state index contributed by atoms with van der Waals surface area (Å²) in [6, 6.07) is 10.6. The van der Waals surface area contributed by atoms with Crippen LogP contribution >= 0.6 is 0 Å². The smallest absolute Gasteiger partial charge is 0.226 e. The second kappa shape index (κ2) is 5.77. The molecule has 1 aromatic carbocycles. The zero-order valence-electron chi connectivity index (χ0n) is 13.8. The van der Waals surface area contributed by atoms with E-state index >= 15 is 0 Å². The van der Waals surface area contributed by atoms with Gasteiger partial charge in [0, 0.05) is 42.5 Å². The molecule has 0 unspecified atom stereocenters. The number of hydrogen-bond acceptors (Lipinski definition) is 4. The van der Waals surface area contributed by atoms with Crippen molar-refractivity contribution in [2.45, 2.75) is 38.8 Å². The highest BCUT2D eigenvalue weighted by Crippen LogP contribution is 2.52. The van der Waals surface area contributed by atoms with Gasteiger partial charge in [0.25, 0.3) is 0 Å². The van der Waals surface area contributed by atoms with Crippen LogP contribution in [0.1, 0.15) is 26.0 Å². The van der Waals surface area contributed by atoms with Crippen LogP contribution in [0.4, 0.5) is 0 Å². The fraction of sp³-hybridized carbons (Fsp3) is 0.526. The van der Waals surface area contributed by atoms with E-state index in [0.29, 0.717) is 24.0 Å². The van der Waals surface area contributed by atoms with Crippen molar-refractivity contribution in [2.24, 2.45) is 11.3 Å². The summed E-state index contributed by atoms with van der Waals surface area (Å²) in [6.07, 6.45) is 4.30. The number of oxazole rings is 1. The van der Waals surface area contributed by atoms with Crippen molar-refractivity contribution in [2.75, 3.05) is 13.2 Å². The Kier molecular flexibility index (Phi) is 3.74. The van der Waals surface area contributed by atoms with E-state index in [0.717, 1.165) is 30.8 Å². The molecule has 4 rings (SSSR count). The van der Waals surface area contributed by atoms with Gasteiger partial charge in [-0.1, -0.05) is 32.0 Å². The van der Waals surface area contributed by atoms with E-state index in [9.17, 15) is 0 Å². The Labute approximate surface area is 137 Å². The van der Waals surface area contributed by atoms with Crippen molar-refractivity contribution in [3.05, 3.63) is 42.3 Å². The normalized spacial score (nSPS) is 28.3. The van der Waals surface area contributed by atoms with Crippen molar-refractivity contribution in [3.63, 3.8) is 0 Å². The van der Waals surface area contributed by atoms with Gasteiger partial charge in [-0.15, -0.1) is 0 Å². The Bertz CT molecular complexity index is 665. The summed E-state index contributed by atoms with van der Waals surface area (Å²) in [5, 5.41) is 3.72. The lowest BCUT2D eigenvalue weighted by atomic mass is 9.57. The maximum Gasteiger partial charge on any atom is 0.226 e. The van der Waals surface area contributed by atoms with Gasteiger partial charge in [0.05, 0.1) is 11.8 Å². The van der Waals surface area contributed by atoms with Crippen LogP contribution in [0.2, 0.25) is 0 Å². The number of hydrogen-bond donors (Lipinski definition) is 1. The van der Waals surface area contributed by atoms with Gasteiger partial charge >= 0.3 is 0 Å². The molecule has 1 aliphatic carbocycles. The highest BCUT2D eigenvalue weighted by molar-refractivity contribution is 5.52. The van der Waals surface area contributed by atoms with Crippen LogP contribution in [0.15, 0.2) is 41.0 Å². The minimum absolute atomic E-state index is 0.236. The van der Waals surface area contributed by atoms with Crippen LogP contribution in [-0.2, 0) is 11.2 Å². The third-order valence-electron chi connectivity index (χ3n) is 5.42. The SMILES string of the molecule is CC1(C)[C@H](NCCc2coc(-c3ccccc3)n2)[C@@H]2CCO[C@H]21. The van der Waals surface area contributed by atoms with Gasteiger partial charge in [-0.25, -0.2) is 4.98 Å². The molecular formula is C19H24N2O2. The van der Waals surface area contributed by atoms with E-state index in [1.165, 1.54) is 6.42 Å². The summed E-state index contributed by atoms with van der Waals surface area (Å²) in [7, 11) is 0. The van der Waals surface area contributed by atoms with Gasteiger partial charge in [0.1, 0.15) is 6.26 Å². The lowest BCUT2D eigenvalue weighted by Gasteiger charge is -2.55. The molecule has 0 amide bonds.